The molecule has 63 valence electrons. The molecule has 0 amide bonds. The second-order valence-electron chi connectivity index (χ2n) is 4.27. The SMILES string of the molecule is [CH2-]CC1(C([CH2-])(C)C)CCC1.[Y]. The third-order valence-electron chi connectivity index (χ3n) is 3.22. The van der Waals surface area contributed by atoms with E-state index in [2.05, 4.69) is 27.7 Å². The molecule has 0 saturated heterocycles. The Morgan fingerprint density at radius 1 is 1.36 bits per heavy atom. The van der Waals surface area contributed by atoms with E-state index >= 15 is 0 Å². The van der Waals surface area contributed by atoms with E-state index in [9.17, 15) is 0 Å². The topological polar surface area (TPSA) is 0 Å². The molecule has 0 N–H and O–H groups in total. The maximum atomic E-state index is 4.20. The first kappa shape index (κ1) is 12.1. The smallest absolute Gasteiger partial charge is 0 e. The van der Waals surface area contributed by atoms with Gasteiger partial charge in [-0.05, 0) is 0 Å². The van der Waals surface area contributed by atoms with Gasteiger partial charge >= 0.3 is 0 Å². The van der Waals surface area contributed by atoms with Gasteiger partial charge < -0.3 is 13.8 Å². The van der Waals surface area contributed by atoms with Gasteiger partial charge in [0.05, 0.1) is 0 Å². The van der Waals surface area contributed by atoms with E-state index in [1.807, 2.05) is 0 Å². The van der Waals surface area contributed by atoms with Crippen molar-refractivity contribution >= 4 is 0 Å². The van der Waals surface area contributed by atoms with Gasteiger partial charge in [-0.3, -0.25) is 0 Å². The molecule has 0 nitrogen and oxygen atoms in total. The van der Waals surface area contributed by atoms with Crippen LogP contribution in [0.15, 0.2) is 0 Å². The van der Waals surface area contributed by atoms with E-state index in [1.165, 1.54) is 19.3 Å². The van der Waals surface area contributed by atoms with Crippen LogP contribution in [0.2, 0.25) is 0 Å². The van der Waals surface area contributed by atoms with Crippen LogP contribution in [-0.2, 0) is 32.7 Å². The van der Waals surface area contributed by atoms with Gasteiger partial charge in [-0.1, -0.05) is 38.5 Å². The summed E-state index contributed by atoms with van der Waals surface area (Å²) < 4.78 is 0. The molecule has 0 heterocycles. The largest absolute Gasteiger partial charge is 0.343 e. The molecule has 0 spiro atoms. The summed E-state index contributed by atoms with van der Waals surface area (Å²) in [6, 6.07) is 0. The van der Waals surface area contributed by atoms with Crippen LogP contribution in [-0.4, -0.2) is 0 Å². The van der Waals surface area contributed by atoms with E-state index in [1.54, 1.807) is 0 Å². The van der Waals surface area contributed by atoms with Crippen molar-refractivity contribution in [3.63, 3.8) is 0 Å². The van der Waals surface area contributed by atoms with Crippen LogP contribution in [0.1, 0.15) is 39.5 Å². The molecule has 1 aliphatic rings. The van der Waals surface area contributed by atoms with Gasteiger partial charge in [-0.25, -0.2) is 0 Å². The Morgan fingerprint density at radius 3 is 1.82 bits per heavy atom. The molecular formula is C10H18Y-2. The number of hydrogen-bond donors (Lipinski definition) is 0. The Kier molecular flexibility index (Phi) is 4.26. The predicted octanol–water partition coefficient (Wildman–Crippen LogP) is 3.24. The summed E-state index contributed by atoms with van der Waals surface area (Å²) in [7, 11) is 0. The fraction of sp³-hybridized carbons (Fsp3) is 0.800. The molecule has 11 heavy (non-hydrogen) atoms. The second-order valence-corrected chi connectivity index (χ2v) is 4.27. The maximum Gasteiger partial charge on any atom is 0 e. The molecule has 0 unspecified atom stereocenters. The maximum absolute atomic E-state index is 4.20. The first-order valence-electron chi connectivity index (χ1n) is 4.16. The van der Waals surface area contributed by atoms with Crippen molar-refractivity contribution < 1.29 is 32.7 Å². The average Bonchev–Trinajstić information content (AvgIpc) is 1.58. The summed E-state index contributed by atoms with van der Waals surface area (Å²) in [5, 5.41) is 0. The fourth-order valence-electron chi connectivity index (χ4n) is 1.87. The second kappa shape index (κ2) is 3.87. The molecule has 0 atom stereocenters. The van der Waals surface area contributed by atoms with Gasteiger partial charge in [0.2, 0.25) is 0 Å². The van der Waals surface area contributed by atoms with Gasteiger partial charge in [0.25, 0.3) is 0 Å². The number of rotatable bonds is 2. The molecule has 1 rings (SSSR count). The third-order valence-corrected chi connectivity index (χ3v) is 3.22. The molecule has 0 aromatic rings. The minimum absolute atomic E-state index is 0. The summed E-state index contributed by atoms with van der Waals surface area (Å²) in [6.45, 7) is 12.7. The van der Waals surface area contributed by atoms with Gasteiger partial charge in [0, 0.05) is 32.7 Å². The summed E-state index contributed by atoms with van der Waals surface area (Å²) in [6.07, 6.45) is 5.12. The Morgan fingerprint density at radius 2 is 1.82 bits per heavy atom. The molecule has 1 fully saturated rings. The third kappa shape index (κ3) is 2.07. The van der Waals surface area contributed by atoms with Crippen molar-refractivity contribution in [2.75, 3.05) is 0 Å². The zero-order valence-electron chi connectivity index (χ0n) is 7.82. The molecule has 1 radical (unpaired) electrons. The van der Waals surface area contributed by atoms with E-state index in [0.29, 0.717) is 5.41 Å². The van der Waals surface area contributed by atoms with Crippen LogP contribution < -0.4 is 0 Å². The van der Waals surface area contributed by atoms with Gasteiger partial charge in [-0.2, -0.15) is 11.8 Å². The van der Waals surface area contributed by atoms with Gasteiger partial charge in [-0.15, -0.1) is 0 Å². The Hall–Kier alpha value is 1.10. The first-order valence-corrected chi connectivity index (χ1v) is 4.16. The monoisotopic (exact) mass is 227 g/mol. The average molecular weight is 227 g/mol. The van der Waals surface area contributed by atoms with Crippen LogP contribution in [0.3, 0.4) is 0 Å². The van der Waals surface area contributed by atoms with Crippen molar-refractivity contribution in [1.82, 2.24) is 0 Å². The molecule has 1 aliphatic carbocycles. The van der Waals surface area contributed by atoms with Crippen LogP contribution >= 0.6 is 0 Å². The quantitative estimate of drug-likeness (QED) is 0.635. The summed E-state index contributed by atoms with van der Waals surface area (Å²) in [4.78, 5) is 0. The van der Waals surface area contributed by atoms with Crippen molar-refractivity contribution in [3.8, 4) is 0 Å². The standard InChI is InChI=1S/C10H18.Y/c1-5-10(7-6-8-10)9(2,3)4;/h1-2,5-8H2,3-4H3;/q-2;. The Bertz CT molecular complexity index is 112. The van der Waals surface area contributed by atoms with Crippen molar-refractivity contribution in [2.45, 2.75) is 39.5 Å². The molecule has 0 aromatic carbocycles. The molecule has 0 aromatic heterocycles. The molecular weight excluding hydrogens is 209 g/mol. The minimum atomic E-state index is 0. The van der Waals surface area contributed by atoms with Crippen LogP contribution in [0.4, 0.5) is 0 Å². The first-order chi connectivity index (χ1) is 4.52. The zero-order valence-corrected chi connectivity index (χ0v) is 10.7. The number of hydrogen-bond acceptors (Lipinski definition) is 0. The summed E-state index contributed by atoms with van der Waals surface area (Å²) in [5.41, 5.74) is 0.708. The van der Waals surface area contributed by atoms with E-state index in [4.69, 9.17) is 0 Å². The minimum Gasteiger partial charge on any atom is -0.343 e. The van der Waals surface area contributed by atoms with E-state index in [0.717, 1.165) is 6.42 Å². The van der Waals surface area contributed by atoms with E-state index < -0.39 is 0 Å². The summed E-state index contributed by atoms with van der Waals surface area (Å²) >= 11 is 0. The van der Waals surface area contributed by atoms with Crippen molar-refractivity contribution in [3.05, 3.63) is 13.8 Å². The molecule has 1 heteroatoms. The fourth-order valence-corrected chi connectivity index (χ4v) is 1.87. The molecule has 0 bridgehead atoms. The van der Waals surface area contributed by atoms with Crippen LogP contribution in [0.5, 0.6) is 0 Å². The predicted molar refractivity (Wildman–Crippen MR) is 45.4 cm³/mol. The van der Waals surface area contributed by atoms with E-state index in [-0.39, 0.29) is 38.1 Å². The Balaban J connectivity index is 0.000001000. The van der Waals surface area contributed by atoms with Crippen LogP contribution in [0.25, 0.3) is 0 Å². The van der Waals surface area contributed by atoms with Crippen molar-refractivity contribution in [1.29, 1.82) is 0 Å². The normalized spacial score (nSPS) is 21.8. The van der Waals surface area contributed by atoms with Gasteiger partial charge in [0.1, 0.15) is 0 Å². The summed E-state index contributed by atoms with van der Waals surface area (Å²) in [5.74, 6) is 0. The van der Waals surface area contributed by atoms with Crippen LogP contribution in [0, 0.1) is 24.7 Å². The van der Waals surface area contributed by atoms with Crippen molar-refractivity contribution in [2.24, 2.45) is 10.8 Å². The molecule has 1 saturated carbocycles. The Labute approximate surface area is 96.4 Å². The zero-order chi connectivity index (χ0) is 7.83. The van der Waals surface area contributed by atoms with Gasteiger partial charge in [0.15, 0.2) is 0 Å². The molecule has 0 aliphatic heterocycles.